The molecular weight excluding hydrogens is 606 g/mol. The SMILES string of the molecule is COc1ccc2cc(C(C)C(=O)OCCOC(=O)C[C@H](N)C(=O)OCCOC(=O)C(C)c3ccc4cc(OC)ccc4c3)ccc2c1. The lowest BCUT2D eigenvalue weighted by molar-refractivity contribution is -0.157. The van der Waals surface area contributed by atoms with E-state index in [4.69, 9.17) is 34.2 Å². The Kier molecular flexibility index (Phi) is 12.1. The Hall–Kier alpha value is -5.16. The van der Waals surface area contributed by atoms with Crippen LogP contribution in [0.5, 0.6) is 11.5 Å². The van der Waals surface area contributed by atoms with Gasteiger partial charge in [0.1, 0.15) is 44.0 Å². The zero-order valence-electron chi connectivity index (χ0n) is 26.9. The molecule has 3 atom stereocenters. The molecule has 0 saturated carbocycles. The van der Waals surface area contributed by atoms with Gasteiger partial charge in [0, 0.05) is 0 Å². The lowest BCUT2D eigenvalue weighted by atomic mass is 9.98. The van der Waals surface area contributed by atoms with Crippen LogP contribution in [0.25, 0.3) is 21.5 Å². The van der Waals surface area contributed by atoms with Gasteiger partial charge in [0.25, 0.3) is 0 Å². The molecule has 4 aromatic rings. The maximum Gasteiger partial charge on any atom is 0.323 e. The average molecular weight is 646 g/mol. The van der Waals surface area contributed by atoms with Gasteiger partial charge in [-0.2, -0.15) is 0 Å². The summed E-state index contributed by atoms with van der Waals surface area (Å²) in [4.78, 5) is 49.4. The smallest absolute Gasteiger partial charge is 0.323 e. The van der Waals surface area contributed by atoms with Crippen LogP contribution in [0.4, 0.5) is 0 Å². The van der Waals surface area contributed by atoms with Gasteiger partial charge in [0.2, 0.25) is 0 Å². The van der Waals surface area contributed by atoms with Crippen molar-refractivity contribution in [2.45, 2.75) is 38.1 Å². The molecular formula is C36H39NO10. The number of rotatable bonds is 15. The van der Waals surface area contributed by atoms with Crippen molar-refractivity contribution >= 4 is 45.4 Å². The molecule has 47 heavy (non-hydrogen) atoms. The number of carbonyl (C=O) groups is 4. The van der Waals surface area contributed by atoms with Crippen LogP contribution in [0.3, 0.4) is 0 Å². The minimum atomic E-state index is -1.27. The van der Waals surface area contributed by atoms with Gasteiger partial charge in [0.05, 0.1) is 32.5 Å². The molecule has 248 valence electrons. The number of esters is 4. The number of hydrogen-bond acceptors (Lipinski definition) is 11. The lowest BCUT2D eigenvalue weighted by Gasteiger charge is -2.15. The highest BCUT2D eigenvalue weighted by Crippen LogP contribution is 2.27. The Morgan fingerprint density at radius 2 is 0.936 bits per heavy atom. The third-order valence-corrected chi connectivity index (χ3v) is 7.70. The number of methoxy groups -OCH3 is 2. The van der Waals surface area contributed by atoms with E-state index in [1.165, 1.54) is 0 Å². The molecule has 4 rings (SSSR count). The molecule has 11 heteroatoms. The monoisotopic (exact) mass is 645 g/mol. The topological polar surface area (TPSA) is 150 Å². The van der Waals surface area contributed by atoms with Gasteiger partial charge in [-0.05, 0) is 70.8 Å². The molecule has 0 fully saturated rings. The molecule has 0 saturated heterocycles. The zero-order chi connectivity index (χ0) is 33.9. The molecule has 0 spiro atoms. The van der Waals surface area contributed by atoms with E-state index in [2.05, 4.69) is 0 Å². The molecule has 0 heterocycles. The average Bonchev–Trinajstić information content (AvgIpc) is 3.09. The Morgan fingerprint density at radius 1 is 0.553 bits per heavy atom. The fourth-order valence-corrected chi connectivity index (χ4v) is 4.81. The molecule has 0 amide bonds. The van der Waals surface area contributed by atoms with Crippen LogP contribution in [0.2, 0.25) is 0 Å². The highest BCUT2D eigenvalue weighted by molar-refractivity contribution is 5.88. The van der Waals surface area contributed by atoms with Gasteiger partial charge in [0.15, 0.2) is 0 Å². The van der Waals surface area contributed by atoms with Crippen LogP contribution in [0.1, 0.15) is 43.2 Å². The molecule has 0 radical (unpaired) electrons. The van der Waals surface area contributed by atoms with Crippen LogP contribution in [-0.4, -0.2) is 70.6 Å². The van der Waals surface area contributed by atoms with Crippen molar-refractivity contribution in [1.82, 2.24) is 0 Å². The minimum absolute atomic E-state index is 0.156. The molecule has 2 N–H and O–H groups in total. The summed E-state index contributed by atoms with van der Waals surface area (Å²) in [6, 6.07) is 21.4. The van der Waals surface area contributed by atoms with E-state index in [1.807, 2.05) is 72.8 Å². The Labute approximate surface area is 272 Å². The van der Waals surface area contributed by atoms with Crippen molar-refractivity contribution in [3.8, 4) is 11.5 Å². The maximum absolute atomic E-state index is 12.5. The third kappa shape index (κ3) is 9.43. The molecule has 0 aliphatic carbocycles. The summed E-state index contributed by atoms with van der Waals surface area (Å²) >= 11 is 0. The van der Waals surface area contributed by atoms with Crippen LogP contribution >= 0.6 is 0 Å². The number of fused-ring (bicyclic) bond motifs is 2. The van der Waals surface area contributed by atoms with E-state index in [0.717, 1.165) is 44.2 Å². The lowest BCUT2D eigenvalue weighted by Crippen LogP contribution is -2.36. The van der Waals surface area contributed by atoms with Crippen LogP contribution < -0.4 is 15.2 Å². The molecule has 11 nitrogen and oxygen atoms in total. The van der Waals surface area contributed by atoms with E-state index in [9.17, 15) is 19.2 Å². The van der Waals surface area contributed by atoms with Gasteiger partial charge in [-0.1, -0.05) is 48.5 Å². The summed E-state index contributed by atoms with van der Waals surface area (Å²) in [6.07, 6.45) is -0.435. The van der Waals surface area contributed by atoms with Crippen molar-refractivity contribution in [3.05, 3.63) is 83.9 Å². The van der Waals surface area contributed by atoms with E-state index < -0.39 is 48.2 Å². The summed E-state index contributed by atoms with van der Waals surface area (Å²) in [5.74, 6) is -2.13. The normalized spacial score (nSPS) is 12.9. The number of hydrogen-bond donors (Lipinski definition) is 1. The minimum Gasteiger partial charge on any atom is -0.497 e. The van der Waals surface area contributed by atoms with Crippen molar-refractivity contribution < 1.29 is 47.6 Å². The standard InChI is InChI=1S/C36H39NO10/c1-22(24-5-7-28-19-30(42-3)11-9-26(28)17-24)34(39)45-14-13-44-33(38)21-32(37)36(41)47-16-15-46-35(40)23(2)25-6-8-29-20-31(43-4)12-10-27(29)18-25/h5-12,17-20,22-23,32H,13-16,21,37H2,1-4H3/t22?,23?,32-/m0/s1. The maximum atomic E-state index is 12.5. The molecule has 0 aliphatic heterocycles. The van der Waals surface area contributed by atoms with E-state index in [1.54, 1.807) is 28.1 Å². The number of carbonyl (C=O) groups excluding carboxylic acids is 4. The fraction of sp³-hybridized carbons (Fsp3) is 0.333. The predicted octanol–water partition coefficient (Wildman–Crippen LogP) is 4.81. The van der Waals surface area contributed by atoms with Crippen molar-refractivity contribution in [2.75, 3.05) is 40.6 Å². The van der Waals surface area contributed by atoms with Gasteiger partial charge < -0.3 is 34.2 Å². The van der Waals surface area contributed by atoms with Gasteiger partial charge in [-0.15, -0.1) is 0 Å². The Balaban J connectivity index is 1.11. The summed E-state index contributed by atoms with van der Waals surface area (Å²) in [5.41, 5.74) is 7.34. The Morgan fingerprint density at radius 3 is 1.38 bits per heavy atom. The second kappa shape index (κ2) is 16.4. The molecule has 0 bridgehead atoms. The van der Waals surface area contributed by atoms with Crippen molar-refractivity contribution in [2.24, 2.45) is 5.73 Å². The number of nitrogens with two attached hydrogens (primary N) is 1. The zero-order valence-corrected chi connectivity index (χ0v) is 26.9. The quantitative estimate of drug-likeness (QED) is 0.108. The molecule has 0 aliphatic rings. The van der Waals surface area contributed by atoms with E-state index in [-0.39, 0.29) is 26.4 Å². The summed E-state index contributed by atoms with van der Waals surface area (Å²) < 4.78 is 31.1. The first-order valence-electron chi connectivity index (χ1n) is 15.2. The summed E-state index contributed by atoms with van der Waals surface area (Å²) in [5, 5.41) is 3.88. The highest BCUT2D eigenvalue weighted by Gasteiger charge is 2.22. The summed E-state index contributed by atoms with van der Waals surface area (Å²) in [7, 11) is 3.20. The first-order chi connectivity index (χ1) is 22.6. The largest absolute Gasteiger partial charge is 0.497 e. The summed E-state index contributed by atoms with van der Waals surface area (Å²) in [6.45, 7) is 2.71. The van der Waals surface area contributed by atoms with Crippen molar-refractivity contribution in [1.29, 1.82) is 0 Å². The van der Waals surface area contributed by atoms with E-state index >= 15 is 0 Å². The third-order valence-electron chi connectivity index (χ3n) is 7.70. The van der Waals surface area contributed by atoms with Crippen LogP contribution in [-0.2, 0) is 38.1 Å². The van der Waals surface area contributed by atoms with Crippen LogP contribution in [0, 0.1) is 0 Å². The Bertz CT molecular complexity index is 1740. The van der Waals surface area contributed by atoms with Crippen LogP contribution in [0.15, 0.2) is 72.8 Å². The van der Waals surface area contributed by atoms with Gasteiger partial charge in [-0.3, -0.25) is 19.2 Å². The second-order valence-electron chi connectivity index (χ2n) is 10.9. The predicted molar refractivity (Wildman–Crippen MR) is 174 cm³/mol. The first kappa shape index (κ1) is 34.7. The highest BCUT2D eigenvalue weighted by atomic mass is 16.6. The molecule has 0 aromatic heterocycles. The molecule has 4 aromatic carbocycles. The van der Waals surface area contributed by atoms with Crippen molar-refractivity contribution in [3.63, 3.8) is 0 Å². The number of benzene rings is 4. The first-order valence-corrected chi connectivity index (χ1v) is 15.2. The number of ether oxygens (including phenoxy) is 6. The van der Waals surface area contributed by atoms with Gasteiger partial charge in [-0.25, -0.2) is 0 Å². The molecule has 2 unspecified atom stereocenters. The second-order valence-corrected chi connectivity index (χ2v) is 10.9. The van der Waals surface area contributed by atoms with Gasteiger partial charge >= 0.3 is 23.9 Å². The van der Waals surface area contributed by atoms with E-state index in [0.29, 0.717) is 0 Å². The fourth-order valence-electron chi connectivity index (χ4n) is 4.81.